The van der Waals surface area contributed by atoms with Gasteiger partial charge in [-0.3, -0.25) is 0 Å². The largest absolute Gasteiger partial charge is 0.495 e. The van der Waals surface area contributed by atoms with Crippen molar-refractivity contribution < 1.29 is 9.47 Å². The van der Waals surface area contributed by atoms with Gasteiger partial charge in [-0.2, -0.15) is 5.26 Å². The highest BCUT2D eigenvalue weighted by atomic mass is 35.5. The molecule has 0 aromatic heterocycles. The van der Waals surface area contributed by atoms with E-state index in [0.717, 1.165) is 16.9 Å². The summed E-state index contributed by atoms with van der Waals surface area (Å²) < 4.78 is 9.94. The first kappa shape index (κ1) is 16.9. The van der Waals surface area contributed by atoms with E-state index in [1.54, 1.807) is 26.4 Å². The number of hydrogen-bond donors (Lipinski definition) is 0. The summed E-state index contributed by atoms with van der Waals surface area (Å²) >= 11 is 5.80. The number of aryl methyl sites for hydroxylation is 2. The number of hydrogen-bond acceptors (Lipinski definition) is 3. The molecular weight excluding hydrogens is 286 g/mol. The number of nitrogens with zero attached hydrogens (tertiary/aromatic N) is 1. The number of rotatable bonds is 2. The third-order valence-corrected chi connectivity index (χ3v) is 3.08. The summed E-state index contributed by atoms with van der Waals surface area (Å²) in [4.78, 5) is 0. The molecule has 21 heavy (non-hydrogen) atoms. The quantitative estimate of drug-likeness (QED) is 0.818. The third-order valence-electron chi connectivity index (χ3n) is 2.78. The van der Waals surface area contributed by atoms with Crippen LogP contribution in [0.5, 0.6) is 11.5 Å². The van der Waals surface area contributed by atoms with Crippen molar-refractivity contribution >= 4 is 11.6 Å². The van der Waals surface area contributed by atoms with Crippen LogP contribution in [0, 0.1) is 25.2 Å². The van der Waals surface area contributed by atoms with Crippen molar-refractivity contribution in [1.29, 1.82) is 5.26 Å². The Labute approximate surface area is 130 Å². The second kappa shape index (κ2) is 8.18. The van der Waals surface area contributed by atoms with Gasteiger partial charge >= 0.3 is 0 Å². The number of halogens is 1. The van der Waals surface area contributed by atoms with Crippen molar-refractivity contribution in [1.82, 2.24) is 0 Å². The van der Waals surface area contributed by atoms with Gasteiger partial charge in [0, 0.05) is 0 Å². The smallest absolute Gasteiger partial charge is 0.137 e. The van der Waals surface area contributed by atoms with Crippen LogP contribution in [-0.2, 0) is 0 Å². The Hall–Kier alpha value is -2.18. The monoisotopic (exact) mass is 303 g/mol. The maximum Gasteiger partial charge on any atom is 0.137 e. The molecule has 0 N–H and O–H groups in total. The van der Waals surface area contributed by atoms with Crippen LogP contribution in [0.15, 0.2) is 36.4 Å². The van der Waals surface area contributed by atoms with Crippen LogP contribution in [0.25, 0.3) is 0 Å². The SMILES string of the molecule is COc1ccc(C)cc1C#N.COc1ccc(C)cc1Cl. The summed E-state index contributed by atoms with van der Waals surface area (Å²) in [5.74, 6) is 1.37. The zero-order valence-corrected chi connectivity index (χ0v) is 13.4. The van der Waals surface area contributed by atoms with Crippen LogP contribution < -0.4 is 9.47 Å². The predicted molar refractivity (Wildman–Crippen MR) is 85.2 cm³/mol. The van der Waals surface area contributed by atoms with Crippen LogP contribution >= 0.6 is 11.6 Å². The molecule has 0 aliphatic carbocycles. The summed E-state index contributed by atoms with van der Waals surface area (Å²) in [5, 5.41) is 9.31. The molecule has 0 aliphatic rings. The molecule has 0 radical (unpaired) electrons. The minimum absolute atomic E-state index is 0.590. The molecule has 0 saturated heterocycles. The van der Waals surface area contributed by atoms with Crippen LogP contribution in [-0.4, -0.2) is 14.2 Å². The van der Waals surface area contributed by atoms with Crippen LogP contribution in [0.2, 0.25) is 5.02 Å². The predicted octanol–water partition coefficient (Wildman–Crippen LogP) is 4.53. The third kappa shape index (κ3) is 5.02. The zero-order chi connectivity index (χ0) is 15.8. The van der Waals surface area contributed by atoms with E-state index in [9.17, 15) is 0 Å². The average Bonchev–Trinajstić information content (AvgIpc) is 2.48. The van der Waals surface area contributed by atoms with E-state index in [4.69, 9.17) is 26.3 Å². The highest BCUT2D eigenvalue weighted by Gasteiger charge is 1.99. The van der Waals surface area contributed by atoms with Crippen LogP contribution in [0.1, 0.15) is 16.7 Å². The van der Waals surface area contributed by atoms with Gasteiger partial charge in [-0.05, 0) is 49.2 Å². The van der Waals surface area contributed by atoms with E-state index in [2.05, 4.69) is 6.07 Å². The Bertz CT molecular complexity index is 648. The van der Waals surface area contributed by atoms with Crippen LogP contribution in [0.4, 0.5) is 0 Å². The lowest BCUT2D eigenvalue weighted by Crippen LogP contribution is -1.87. The highest BCUT2D eigenvalue weighted by Crippen LogP contribution is 2.24. The van der Waals surface area contributed by atoms with E-state index < -0.39 is 0 Å². The number of nitriles is 1. The molecule has 0 amide bonds. The van der Waals surface area contributed by atoms with Crippen molar-refractivity contribution in [2.75, 3.05) is 14.2 Å². The molecule has 0 spiro atoms. The Morgan fingerprint density at radius 2 is 1.43 bits per heavy atom. The summed E-state index contributed by atoms with van der Waals surface area (Å²) in [6.45, 7) is 3.94. The molecule has 0 heterocycles. The molecule has 3 nitrogen and oxygen atoms in total. The Balaban J connectivity index is 0.000000211. The first-order valence-electron chi connectivity index (χ1n) is 6.36. The highest BCUT2D eigenvalue weighted by molar-refractivity contribution is 6.32. The first-order chi connectivity index (χ1) is 10.0. The summed E-state index contributed by atoms with van der Waals surface area (Å²) in [6, 6.07) is 13.3. The van der Waals surface area contributed by atoms with Gasteiger partial charge in [0.2, 0.25) is 0 Å². The second-order valence-corrected chi connectivity index (χ2v) is 4.86. The molecule has 2 aromatic rings. The van der Waals surface area contributed by atoms with E-state index in [-0.39, 0.29) is 0 Å². The van der Waals surface area contributed by atoms with Gasteiger partial charge in [0.05, 0.1) is 24.8 Å². The van der Waals surface area contributed by atoms with Gasteiger partial charge in [0.1, 0.15) is 17.6 Å². The summed E-state index contributed by atoms with van der Waals surface area (Å²) in [6.07, 6.45) is 0. The Morgan fingerprint density at radius 3 is 1.90 bits per heavy atom. The van der Waals surface area contributed by atoms with E-state index in [1.807, 2.05) is 38.1 Å². The fourth-order valence-corrected chi connectivity index (χ4v) is 1.99. The zero-order valence-electron chi connectivity index (χ0n) is 12.6. The molecule has 0 unspecified atom stereocenters. The lowest BCUT2D eigenvalue weighted by Gasteiger charge is -2.01. The maximum absolute atomic E-state index is 8.64. The molecule has 0 bridgehead atoms. The van der Waals surface area contributed by atoms with Gasteiger partial charge < -0.3 is 9.47 Å². The molecule has 4 heteroatoms. The lowest BCUT2D eigenvalue weighted by atomic mass is 10.1. The number of benzene rings is 2. The van der Waals surface area contributed by atoms with Crippen molar-refractivity contribution in [2.45, 2.75) is 13.8 Å². The van der Waals surface area contributed by atoms with Crippen molar-refractivity contribution in [3.05, 3.63) is 58.1 Å². The molecule has 0 fully saturated rings. The fraction of sp³-hybridized carbons (Fsp3) is 0.235. The van der Waals surface area contributed by atoms with Gasteiger partial charge in [0.25, 0.3) is 0 Å². The maximum atomic E-state index is 8.64. The van der Waals surface area contributed by atoms with E-state index in [0.29, 0.717) is 16.3 Å². The number of methoxy groups -OCH3 is 2. The molecule has 0 atom stereocenters. The van der Waals surface area contributed by atoms with Crippen LogP contribution in [0.3, 0.4) is 0 Å². The molecule has 0 aliphatic heterocycles. The van der Waals surface area contributed by atoms with Gasteiger partial charge in [-0.25, -0.2) is 0 Å². The lowest BCUT2D eigenvalue weighted by molar-refractivity contribution is 0.413. The van der Waals surface area contributed by atoms with E-state index >= 15 is 0 Å². The van der Waals surface area contributed by atoms with Crippen molar-refractivity contribution in [3.63, 3.8) is 0 Å². The fourth-order valence-electron chi connectivity index (χ4n) is 1.68. The molecule has 110 valence electrons. The van der Waals surface area contributed by atoms with Gasteiger partial charge in [-0.1, -0.05) is 23.7 Å². The first-order valence-corrected chi connectivity index (χ1v) is 6.74. The Kier molecular flexibility index (Phi) is 6.58. The minimum atomic E-state index is 0.590. The molecule has 0 saturated carbocycles. The van der Waals surface area contributed by atoms with Gasteiger partial charge in [-0.15, -0.1) is 0 Å². The standard InChI is InChI=1S/C9H9NO.C8H9ClO/c1-7-3-4-9(11-2)8(5-7)6-10;1-6-3-4-8(10-2)7(9)5-6/h3-5H,1-2H3;3-5H,1-2H3. The number of ether oxygens (including phenoxy) is 2. The average molecular weight is 304 g/mol. The minimum Gasteiger partial charge on any atom is -0.495 e. The molecular formula is C17H18ClNO2. The topological polar surface area (TPSA) is 42.2 Å². The summed E-state index contributed by atoms with van der Waals surface area (Å²) in [7, 11) is 3.17. The van der Waals surface area contributed by atoms with E-state index in [1.165, 1.54) is 0 Å². The van der Waals surface area contributed by atoms with Crippen molar-refractivity contribution in [2.24, 2.45) is 0 Å². The Morgan fingerprint density at radius 1 is 0.905 bits per heavy atom. The summed E-state index contributed by atoms with van der Waals surface area (Å²) in [5.41, 5.74) is 2.81. The normalized spacial score (nSPS) is 9.14. The molecule has 2 rings (SSSR count). The van der Waals surface area contributed by atoms with Gasteiger partial charge in [0.15, 0.2) is 0 Å². The van der Waals surface area contributed by atoms with Crippen molar-refractivity contribution in [3.8, 4) is 17.6 Å². The second-order valence-electron chi connectivity index (χ2n) is 4.45. The molecule has 2 aromatic carbocycles.